The Bertz CT molecular complexity index is 712. The first kappa shape index (κ1) is 12.8. The highest BCUT2D eigenvalue weighted by Crippen LogP contribution is 2.28. The van der Waals surface area contributed by atoms with Crippen LogP contribution in [0, 0.1) is 0 Å². The van der Waals surface area contributed by atoms with Crippen LogP contribution < -0.4 is 5.32 Å². The third kappa shape index (κ3) is 2.30. The summed E-state index contributed by atoms with van der Waals surface area (Å²) in [6.07, 6.45) is 3.86. The first-order chi connectivity index (χ1) is 9.79. The summed E-state index contributed by atoms with van der Waals surface area (Å²) in [4.78, 5) is 4.35. The third-order valence-electron chi connectivity index (χ3n) is 3.82. The number of pyridine rings is 1. The Labute approximate surface area is 119 Å². The highest BCUT2D eigenvalue weighted by molar-refractivity contribution is 5.95. The van der Waals surface area contributed by atoms with Crippen LogP contribution in [0.25, 0.3) is 21.9 Å². The van der Waals surface area contributed by atoms with Crippen molar-refractivity contribution in [3.8, 4) is 11.1 Å². The highest BCUT2D eigenvalue weighted by Gasteiger charge is 2.06. The molecule has 0 aliphatic heterocycles. The fourth-order valence-corrected chi connectivity index (χ4v) is 2.46. The molecule has 2 aromatic carbocycles. The van der Waals surface area contributed by atoms with Crippen LogP contribution in [0.4, 0.5) is 0 Å². The van der Waals surface area contributed by atoms with Gasteiger partial charge in [-0.15, -0.1) is 0 Å². The molecule has 100 valence electrons. The summed E-state index contributed by atoms with van der Waals surface area (Å²) >= 11 is 0. The largest absolute Gasteiger partial charge is 0.313 e. The molecule has 0 radical (unpaired) electrons. The summed E-state index contributed by atoms with van der Waals surface area (Å²) < 4.78 is 0. The standard InChI is InChI=1S/C18H18N2/c1-13(19-2)14-7-9-15(10-8-14)18-12-20-11-16-5-3-4-6-17(16)18/h3-13,19H,1-2H3. The molecular formula is C18H18N2. The number of aromatic nitrogens is 1. The molecule has 1 N–H and O–H groups in total. The molecule has 20 heavy (non-hydrogen) atoms. The van der Waals surface area contributed by atoms with Crippen LogP contribution in [-0.2, 0) is 0 Å². The topological polar surface area (TPSA) is 24.9 Å². The van der Waals surface area contributed by atoms with Crippen molar-refractivity contribution in [3.05, 3.63) is 66.5 Å². The molecule has 0 aliphatic rings. The van der Waals surface area contributed by atoms with Gasteiger partial charge in [0.2, 0.25) is 0 Å². The molecule has 0 spiro atoms. The Balaban J connectivity index is 2.07. The minimum absolute atomic E-state index is 0.370. The number of nitrogens with one attached hydrogen (secondary N) is 1. The number of fused-ring (bicyclic) bond motifs is 1. The van der Waals surface area contributed by atoms with E-state index in [-0.39, 0.29) is 0 Å². The summed E-state index contributed by atoms with van der Waals surface area (Å²) in [5.41, 5.74) is 3.69. The van der Waals surface area contributed by atoms with Crippen molar-refractivity contribution in [3.63, 3.8) is 0 Å². The Hall–Kier alpha value is -2.19. The molecule has 3 rings (SSSR count). The van der Waals surface area contributed by atoms with Crippen molar-refractivity contribution in [2.75, 3.05) is 7.05 Å². The van der Waals surface area contributed by atoms with Crippen LogP contribution in [0.2, 0.25) is 0 Å². The van der Waals surface area contributed by atoms with E-state index in [0.717, 1.165) is 0 Å². The maximum Gasteiger partial charge on any atom is 0.0352 e. The predicted octanol–water partition coefficient (Wildman–Crippen LogP) is 4.18. The van der Waals surface area contributed by atoms with E-state index in [4.69, 9.17) is 0 Å². The lowest BCUT2D eigenvalue weighted by Gasteiger charge is -2.12. The lowest BCUT2D eigenvalue weighted by atomic mass is 9.99. The van der Waals surface area contributed by atoms with E-state index in [9.17, 15) is 0 Å². The average Bonchev–Trinajstić information content (AvgIpc) is 2.54. The molecule has 0 bridgehead atoms. The fourth-order valence-electron chi connectivity index (χ4n) is 2.46. The minimum Gasteiger partial charge on any atom is -0.313 e. The van der Waals surface area contributed by atoms with Crippen molar-refractivity contribution in [1.29, 1.82) is 0 Å². The van der Waals surface area contributed by atoms with Gasteiger partial charge >= 0.3 is 0 Å². The highest BCUT2D eigenvalue weighted by atomic mass is 14.8. The maximum absolute atomic E-state index is 4.35. The molecule has 0 fully saturated rings. The third-order valence-corrected chi connectivity index (χ3v) is 3.82. The lowest BCUT2D eigenvalue weighted by Crippen LogP contribution is -2.11. The Morgan fingerprint density at radius 2 is 1.70 bits per heavy atom. The molecule has 1 aromatic heterocycles. The minimum atomic E-state index is 0.370. The summed E-state index contributed by atoms with van der Waals surface area (Å²) in [5.74, 6) is 0. The Kier molecular flexibility index (Phi) is 3.48. The van der Waals surface area contributed by atoms with Crippen molar-refractivity contribution in [1.82, 2.24) is 10.3 Å². The molecule has 1 heterocycles. The second kappa shape index (κ2) is 5.43. The molecule has 0 amide bonds. The summed E-state index contributed by atoms with van der Waals surface area (Å²) in [6.45, 7) is 2.16. The molecule has 0 aliphatic carbocycles. The van der Waals surface area contributed by atoms with Gasteiger partial charge in [-0.3, -0.25) is 4.98 Å². The van der Waals surface area contributed by atoms with Crippen LogP contribution in [0.5, 0.6) is 0 Å². The molecule has 1 atom stereocenters. The SMILES string of the molecule is CNC(C)c1ccc(-c2cncc3ccccc23)cc1. The molecule has 3 aromatic rings. The van der Waals surface area contributed by atoms with Gasteiger partial charge in [-0.1, -0.05) is 48.5 Å². The van der Waals surface area contributed by atoms with E-state index < -0.39 is 0 Å². The van der Waals surface area contributed by atoms with Crippen molar-refractivity contribution < 1.29 is 0 Å². The summed E-state index contributed by atoms with van der Waals surface area (Å²) in [5, 5.41) is 5.68. The van der Waals surface area contributed by atoms with E-state index in [1.807, 2.05) is 25.5 Å². The van der Waals surface area contributed by atoms with Gasteiger partial charge in [-0.25, -0.2) is 0 Å². The molecule has 0 saturated heterocycles. The van der Waals surface area contributed by atoms with Crippen molar-refractivity contribution in [2.24, 2.45) is 0 Å². The van der Waals surface area contributed by atoms with Gasteiger partial charge in [0.1, 0.15) is 0 Å². The number of benzene rings is 2. The predicted molar refractivity (Wildman–Crippen MR) is 84.7 cm³/mol. The van der Waals surface area contributed by atoms with Crippen LogP contribution in [0.15, 0.2) is 60.9 Å². The number of rotatable bonds is 3. The van der Waals surface area contributed by atoms with Crippen LogP contribution in [0.1, 0.15) is 18.5 Å². The maximum atomic E-state index is 4.35. The second-order valence-electron chi connectivity index (χ2n) is 5.04. The van der Waals surface area contributed by atoms with E-state index in [0.29, 0.717) is 6.04 Å². The quantitative estimate of drug-likeness (QED) is 0.766. The van der Waals surface area contributed by atoms with Crippen molar-refractivity contribution in [2.45, 2.75) is 13.0 Å². The zero-order valence-electron chi connectivity index (χ0n) is 11.8. The normalized spacial score (nSPS) is 12.5. The van der Waals surface area contributed by atoms with Crippen LogP contribution in [-0.4, -0.2) is 12.0 Å². The Morgan fingerprint density at radius 3 is 2.45 bits per heavy atom. The lowest BCUT2D eigenvalue weighted by molar-refractivity contribution is 0.652. The second-order valence-corrected chi connectivity index (χ2v) is 5.04. The van der Waals surface area contributed by atoms with Crippen LogP contribution >= 0.6 is 0 Å². The van der Waals surface area contributed by atoms with Gasteiger partial charge in [0, 0.05) is 29.4 Å². The fraction of sp³-hybridized carbons (Fsp3) is 0.167. The van der Waals surface area contributed by atoms with Gasteiger partial charge in [0.15, 0.2) is 0 Å². The molecule has 0 saturated carbocycles. The smallest absolute Gasteiger partial charge is 0.0352 e. The molecule has 2 heteroatoms. The molecular weight excluding hydrogens is 244 g/mol. The van der Waals surface area contributed by atoms with E-state index in [2.05, 4.69) is 59.7 Å². The Morgan fingerprint density at radius 1 is 0.950 bits per heavy atom. The average molecular weight is 262 g/mol. The van der Waals surface area contributed by atoms with Gasteiger partial charge in [-0.2, -0.15) is 0 Å². The van der Waals surface area contributed by atoms with Crippen LogP contribution in [0.3, 0.4) is 0 Å². The van der Waals surface area contributed by atoms with Crippen molar-refractivity contribution >= 4 is 10.8 Å². The monoisotopic (exact) mass is 262 g/mol. The number of hydrogen-bond donors (Lipinski definition) is 1. The summed E-state index contributed by atoms with van der Waals surface area (Å²) in [7, 11) is 1.98. The number of hydrogen-bond acceptors (Lipinski definition) is 2. The van der Waals surface area contributed by atoms with E-state index in [1.165, 1.54) is 27.5 Å². The first-order valence-electron chi connectivity index (χ1n) is 6.90. The first-order valence-corrected chi connectivity index (χ1v) is 6.90. The molecule has 1 unspecified atom stereocenters. The zero-order chi connectivity index (χ0) is 13.9. The van der Waals surface area contributed by atoms with Gasteiger partial charge in [-0.05, 0) is 30.5 Å². The van der Waals surface area contributed by atoms with Gasteiger partial charge in [0.25, 0.3) is 0 Å². The van der Waals surface area contributed by atoms with Gasteiger partial charge in [0.05, 0.1) is 0 Å². The van der Waals surface area contributed by atoms with E-state index in [1.54, 1.807) is 0 Å². The van der Waals surface area contributed by atoms with E-state index >= 15 is 0 Å². The molecule has 2 nitrogen and oxygen atoms in total. The van der Waals surface area contributed by atoms with Gasteiger partial charge < -0.3 is 5.32 Å². The summed E-state index contributed by atoms with van der Waals surface area (Å²) in [6, 6.07) is 17.4. The zero-order valence-corrected chi connectivity index (χ0v) is 11.8. The number of nitrogens with zero attached hydrogens (tertiary/aromatic N) is 1.